The standard InChI is InChI=1S/C12H15Br2F/c1-8(13)7-12(2,3)10-6-9(14)4-5-11(10)15/h4-6,8H,7H2,1-3H3. The molecule has 0 aromatic heterocycles. The lowest BCUT2D eigenvalue weighted by atomic mass is 9.80. The fraction of sp³-hybridized carbons (Fsp3) is 0.500. The molecule has 0 bridgehead atoms. The molecule has 1 rings (SSSR count). The van der Waals surface area contributed by atoms with E-state index in [1.807, 2.05) is 6.07 Å². The van der Waals surface area contributed by atoms with Crippen LogP contribution < -0.4 is 0 Å². The molecule has 0 heterocycles. The molecule has 0 radical (unpaired) electrons. The smallest absolute Gasteiger partial charge is 0.127 e. The summed E-state index contributed by atoms with van der Waals surface area (Å²) in [5.41, 5.74) is 0.611. The number of benzene rings is 1. The summed E-state index contributed by atoms with van der Waals surface area (Å²) in [7, 11) is 0. The van der Waals surface area contributed by atoms with Gasteiger partial charge in [-0.1, -0.05) is 52.6 Å². The van der Waals surface area contributed by atoms with Gasteiger partial charge in [-0.2, -0.15) is 0 Å². The van der Waals surface area contributed by atoms with Crippen LogP contribution in [0.25, 0.3) is 0 Å². The minimum atomic E-state index is -0.156. The summed E-state index contributed by atoms with van der Waals surface area (Å²) < 4.78 is 14.6. The highest BCUT2D eigenvalue weighted by molar-refractivity contribution is 9.10. The normalized spacial score (nSPS) is 14.0. The lowest BCUT2D eigenvalue weighted by Crippen LogP contribution is -2.22. The van der Waals surface area contributed by atoms with Crippen LogP contribution in [0.5, 0.6) is 0 Å². The van der Waals surface area contributed by atoms with Gasteiger partial charge in [-0.25, -0.2) is 4.39 Å². The molecule has 1 unspecified atom stereocenters. The number of rotatable bonds is 3. The molecule has 0 fully saturated rings. The summed E-state index contributed by atoms with van der Waals surface area (Å²) in [5, 5.41) is 0. The molecule has 1 aromatic rings. The molecule has 0 spiro atoms. The molecular formula is C12H15Br2F. The first-order valence-corrected chi connectivity index (χ1v) is 6.63. The van der Waals surface area contributed by atoms with Gasteiger partial charge in [-0.15, -0.1) is 0 Å². The highest BCUT2D eigenvalue weighted by Gasteiger charge is 2.25. The first kappa shape index (κ1) is 13.2. The molecule has 0 amide bonds. The summed E-state index contributed by atoms with van der Waals surface area (Å²) in [5.74, 6) is -0.128. The van der Waals surface area contributed by atoms with Crippen LogP contribution in [0.4, 0.5) is 4.39 Å². The van der Waals surface area contributed by atoms with Crippen molar-refractivity contribution in [3.63, 3.8) is 0 Å². The average Bonchev–Trinajstić information content (AvgIpc) is 2.06. The average molecular weight is 338 g/mol. The quantitative estimate of drug-likeness (QED) is 0.678. The van der Waals surface area contributed by atoms with Crippen LogP contribution in [-0.2, 0) is 5.41 Å². The molecule has 0 nitrogen and oxygen atoms in total. The van der Waals surface area contributed by atoms with Crippen molar-refractivity contribution in [3.05, 3.63) is 34.1 Å². The molecule has 0 aliphatic heterocycles. The van der Waals surface area contributed by atoms with E-state index in [2.05, 4.69) is 52.6 Å². The van der Waals surface area contributed by atoms with Gasteiger partial charge in [0.2, 0.25) is 0 Å². The number of hydrogen-bond donors (Lipinski definition) is 0. The van der Waals surface area contributed by atoms with Crippen LogP contribution in [0.15, 0.2) is 22.7 Å². The lowest BCUT2D eigenvalue weighted by molar-refractivity contribution is 0.451. The Kier molecular flexibility index (Phi) is 4.36. The van der Waals surface area contributed by atoms with E-state index in [0.717, 1.165) is 16.5 Å². The van der Waals surface area contributed by atoms with E-state index in [-0.39, 0.29) is 11.2 Å². The van der Waals surface area contributed by atoms with Gasteiger partial charge in [0, 0.05) is 9.30 Å². The minimum Gasteiger partial charge on any atom is -0.207 e. The van der Waals surface area contributed by atoms with Crippen molar-refractivity contribution in [1.82, 2.24) is 0 Å². The van der Waals surface area contributed by atoms with Gasteiger partial charge in [0.05, 0.1) is 0 Å². The fourth-order valence-electron chi connectivity index (χ4n) is 1.83. The Balaban J connectivity index is 3.08. The van der Waals surface area contributed by atoms with Crippen LogP contribution in [0.3, 0.4) is 0 Å². The predicted octanol–water partition coefficient (Wildman–Crippen LogP) is 5.04. The molecule has 0 saturated carbocycles. The van der Waals surface area contributed by atoms with Crippen LogP contribution in [0.2, 0.25) is 0 Å². The maximum Gasteiger partial charge on any atom is 0.127 e. The van der Waals surface area contributed by atoms with Crippen molar-refractivity contribution < 1.29 is 4.39 Å². The highest BCUT2D eigenvalue weighted by atomic mass is 79.9. The maximum absolute atomic E-state index is 13.7. The number of halogens is 3. The molecule has 84 valence electrons. The van der Waals surface area contributed by atoms with E-state index >= 15 is 0 Å². The second kappa shape index (κ2) is 4.96. The van der Waals surface area contributed by atoms with Gasteiger partial charge in [0.1, 0.15) is 5.82 Å². The highest BCUT2D eigenvalue weighted by Crippen LogP contribution is 2.33. The summed E-state index contributed by atoms with van der Waals surface area (Å²) in [4.78, 5) is 0.380. The first-order valence-electron chi connectivity index (χ1n) is 4.92. The second-order valence-electron chi connectivity index (χ2n) is 4.49. The van der Waals surface area contributed by atoms with Gasteiger partial charge in [-0.05, 0) is 35.6 Å². The third-order valence-corrected chi connectivity index (χ3v) is 3.27. The molecule has 0 saturated heterocycles. The Morgan fingerprint density at radius 1 is 1.40 bits per heavy atom. The summed E-state index contributed by atoms with van der Waals surface area (Å²) in [6, 6.07) is 5.11. The first-order chi connectivity index (χ1) is 6.83. The van der Waals surface area contributed by atoms with Crippen molar-refractivity contribution in [2.24, 2.45) is 0 Å². The second-order valence-corrected chi connectivity index (χ2v) is 6.97. The maximum atomic E-state index is 13.7. The van der Waals surface area contributed by atoms with Gasteiger partial charge >= 0.3 is 0 Å². The van der Waals surface area contributed by atoms with E-state index in [1.54, 1.807) is 6.07 Å². The molecular weight excluding hydrogens is 323 g/mol. The lowest BCUT2D eigenvalue weighted by Gasteiger charge is -2.27. The van der Waals surface area contributed by atoms with Gasteiger partial charge in [0.25, 0.3) is 0 Å². The van der Waals surface area contributed by atoms with Crippen molar-refractivity contribution in [2.75, 3.05) is 0 Å². The third-order valence-electron chi connectivity index (χ3n) is 2.45. The monoisotopic (exact) mass is 336 g/mol. The van der Waals surface area contributed by atoms with E-state index in [0.29, 0.717) is 4.83 Å². The Morgan fingerprint density at radius 3 is 2.53 bits per heavy atom. The van der Waals surface area contributed by atoms with Crippen molar-refractivity contribution in [1.29, 1.82) is 0 Å². The zero-order valence-corrected chi connectivity index (χ0v) is 12.3. The zero-order valence-electron chi connectivity index (χ0n) is 9.15. The van der Waals surface area contributed by atoms with Crippen molar-refractivity contribution >= 4 is 31.9 Å². The molecule has 0 aliphatic rings. The van der Waals surface area contributed by atoms with Crippen LogP contribution in [0, 0.1) is 5.82 Å². The Hall–Kier alpha value is 0.110. The summed E-state index contributed by atoms with van der Waals surface area (Å²) in [6.07, 6.45) is 0.903. The van der Waals surface area contributed by atoms with Gasteiger partial charge in [-0.3, -0.25) is 0 Å². The molecule has 0 aliphatic carbocycles. The SMILES string of the molecule is CC(Br)CC(C)(C)c1cc(Br)ccc1F. The predicted molar refractivity (Wildman–Crippen MR) is 70.1 cm³/mol. The molecule has 1 atom stereocenters. The summed E-state index contributed by atoms with van der Waals surface area (Å²) in [6.45, 7) is 6.21. The van der Waals surface area contributed by atoms with Crippen LogP contribution >= 0.6 is 31.9 Å². The van der Waals surface area contributed by atoms with Crippen LogP contribution in [-0.4, -0.2) is 4.83 Å². The van der Waals surface area contributed by atoms with E-state index < -0.39 is 0 Å². The molecule has 1 aromatic carbocycles. The van der Waals surface area contributed by atoms with Crippen molar-refractivity contribution in [3.8, 4) is 0 Å². The Labute approximate surface area is 108 Å². The largest absolute Gasteiger partial charge is 0.207 e. The Bertz CT molecular complexity index is 345. The zero-order chi connectivity index (χ0) is 11.6. The molecule has 0 N–H and O–H groups in total. The van der Waals surface area contributed by atoms with Crippen LogP contribution in [0.1, 0.15) is 32.8 Å². The van der Waals surface area contributed by atoms with Crippen molar-refractivity contribution in [2.45, 2.75) is 37.4 Å². The van der Waals surface area contributed by atoms with E-state index in [9.17, 15) is 4.39 Å². The number of alkyl halides is 1. The van der Waals surface area contributed by atoms with E-state index in [1.165, 1.54) is 6.07 Å². The summed E-state index contributed by atoms with van der Waals surface area (Å²) >= 11 is 6.89. The topological polar surface area (TPSA) is 0 Å². The fourth-order valence-corrected chi connectivity index (χ4v) is 3.00. The van der Waals surface area contributed by atoms with E-state index in [4.69, 9.17) is 0 Å². The Morgan fingerprint density at radius 2 is 2.00 bits per heavy atom. The van der Waals surface area contributed by atoms with Gasteiger partial charge < -0.3 is 0 Å². The molecule has 3 heteroatoms. The third kappa shape index (κ3) is 3.56. The number of hydrogen-bond acceptors (Lipinski definition) is 0. The minimum absolute atomic E-state index is 0.128. The van der Waals surface area contributed by atoms with Gasteiger partial charge in [0.15, 0.2) is 0 Å². The molecule has 15 heavy (non-hydrogen) atoms.